The number of carbonyl (C=O) groups excluding carboxylic acids is 1. The van der Waals surface area contributed by atoms with Crippen molar-refractivity contribution in [2.45, 2.75) is 13.0 Å². The van der Waals surface area contributed by atoms with Crippen LogP contribution in [-0.2, 0) is 14.4 Å². The summed E-state index contributed by atoms with van der Waals surface area (Å²) in [5.41, 5.74) is 2.60. The highest BCUT2D eigenvalue weighted by molar-refractivity contribution is 5.66. The van der Waals surface area contributed by atoms with Crippen molar-refractivity contribution in [3.8, 4) is 0 Å². The molecule has 4 nitrogen and oxygen atoms in total. The summed E-state index contributed by atoms with van der Waals surface area (Å²) in [6.45, 7) is 2.44. The summed E-state index contributed by atoms with van der Waals surface area (Å²) < 4.78 is 4.78. The van der Waals surface area contributed by atoms with Crippen molar-refractivity contribution in [3.05, 3.63) is 0 Å². The molecule has 0 aromatic rings. The van der Waals surface area contributed by atoms with Crippen LogP contribution in [0.5, 0.6) is 0 Å². The molecular weight excluding hydrogens is 122 g/mol. The lowest BCUT2D eigenvalue weighted by Gasteiger charge is -2.04. The molecular formula is C5H9NO3. The van der Waals surface area contributed by atoms with Crippen molar-refractivity contribution in [1.29, 1.82) is 0 Å². The van der Waals surface area contributed by atoms with Crippen LogP contribution in [0.3, 0.4) is 0 Å². The first-order valence-corrected chi connectivity index (χ1v) is 2.81. The van der Waals surface area contributed by atoms with Crippen molar-refractivity contribution < 1.29 is 14.4 Å². The third-order valence-electron chi connectivity index (χ3n) is 1.01. The minimum atomic E-state index is -0.257. The predicted octanol–water partition coefficient (Wildman–Crippen LogP) is -0.547. The minimum absolute atomic E-state index is 0.0949. The normalized spacial score (nSPS) is 26.1. The Balaban J connectivity index is 2.19. The molecule has 1 heterocycles. The number of hydroxylamine groups is 1. The number of rotatable bonds is 1. The summed E-state index contributed by atoms with van der Waals surface area (Å²) in [6, 6.07) is 0. The van der Waals surface area contributed by atoms with Gasteiger partial charge in [-0.2, -0.15) is 5.48 Å². The summed E-state index contributed by atoms with van der Waals surface area (Å²) in [5, 5.41) is 0. The largest absolute Gasteiger partial charge is 0.459 e. The van der Waals surface area contributed by atoms with E-state index < -0.39 is 0 Å². The van der Waals surface area contributed by atoms with Gasteiger partial charge in [-0.1, -0.05) is 0 Å². The SMILES string of the molecule is CC(=O)OC1CNOC1. The Morgan fingerprint density at radius 3 is 3.11 bits per heavy atom. The lowest BCUT2D eigenvalue weighted by Crippen LogP contribution is -2.20. The second-order valence-corrected chi connectivity index (χ2v) is 1.89. The van der Waals surface area contributed by atoms with Gasteiger partial charge in [-0.05, 0) is 0 Å². The molecule has 1 rings (SSSR count). The monoisotopic (exact) mass is 131 g/mol. The Morgan fingerprint density at radius 2 is 2.67 bits per heavy atom. The highest BCUT2D eigenvalue weighted by atomic mass is 16.7. The van der Waals surface area contributed by atoms with Gasteiger partial charge < -0.3 is 4.74 Å². The Labute approximate surface area is 53.1 Å². The third-order valence-corrected chi connectivity index (χ3v) is 1.01. The zero-order valence-corrected chi connectivity index (χ0v) is 5.22. The first-order valence-electron chi connectivity index (χ1n) is 2.81. The van der Waals surface area contributed by atoms with E-state index >= 15 is 0 Å². The average molecular weight is 131 g/mol. The lowest BCUT2D eigenvalue weighted by atomic mass is 10.4. The fourth-order valence-corrected chi connectivity index (χ4v) is 0.673. The summed E-state index contributed by atoms with van der Waals surface area (Å²) in [5.74, 6) is -0.257. The summed E-state index contributed by atoms with van der Waals surface area (Å²) >= 11 is 0. The van der Waals surface area contributed by atoms with Gasteiger partial charge in [0.25, 0.3) is 0 Å². The number of carbonyl (C=O) groups is 1. The molecule has 1 fully saturated rings. The molecule has 0 saturated carbocycles. The van der Waals surface area contributed by atoms with Gasteiger partial charge in [0.2, 0.25) is 0 Å². The topological polar surface area (TPSA) is 47.6 Å². The fourth-order valence-electron chi connectivity index (χ4n) is 0.673. The van der Waals surface area contributed by atoms with Gasteiger partial charge in [0.05, 0.1) is 6.54 Å². The van der Waals surface area contributed by atoms with Crippen LogP contribution in [0.1, 0.15) is 6.92 Å². The second-order valence-electron chi connectivity index (χ2n) is 1.89. The predicted molar refractivity (Wildman–Crippen MR) is 29.5 cm³/mol. The quantitative estimate of drug-likeness (QED) is 0.485. The molecule has 0 bridgehead atoms. The van der Waals surface area contributed by atoms with Crippen molar-refractivity contribution in [2.75, 3.05) is 13.2 Å². The molecule has 0 amide bonds. The van der Waals surface area contributed by atoms with Crippen LogP contribution in [0.4, 0.5) is 0 Å². The van der Waals surface area contributed by atoms with E-state index in [0.717, 1.165) is 0 Å². The van der Waals surface area contributed by atoms with E-state index in [4.69, 9.17) is 9.57 Å². The maximum atomic E-state index is 10.3. The highest BCUT2D eigenvalue weighted by Gasteiger charge is 2.17. The standard InChI is InChI=1S/C5H9NO3/c1-4(7)9-5-2-6-8-3-5/h5-6H,2-3H2,1H3. The maximum absolute atomic E-state index is 10.3. The molecule has 0 radical (unpaired) electrons. The van der Waals surface area contributed by atoms with Gasteiger partial charge in [-0.3, -0.25) is 9.63 Å². The van der Waals surface area contributed by atoms with Crippen LogP contribution >= 0.6 is 0 Å². The van der Waals surface area contributed by atoms with Crippen LogP contribution in [0.25, 0.3) is 0 Å². The van der Waals surface area contributed by atoms with Crippen molar-refractivity contribution in [1.82, 2.24) is 5.48 Å². The first kappa shape index (κ1) is 6.51. The third kappa shape index (κ3) is 1.99. The number of ether oxygens (including phenoxy) is 1. The van der Waals surface area contributed by atoms with Crippen molar-refractivity contribution in [3.63, 3.8) is 0 Å². The number of nitrogens with one attached hydrogen (secondary N) is 1. The number of esters is 1. The van der Waals surface area contributed by atoms with Gasteiger partial charge in [0.1, 0.15) is 12.7 Å². The van der Waals surface area contributed by atoms with Crippen LogP contribution in [0, 0.1) is 0 Å². The van der Waals surface area contributed by atoms with E-state index in [1.807, 2.05) is 0 Å². The zero-order valence-electron chi connectivity index (χ0n) is 5.22. The van der Waals surface area contributed by atoms with Gasteiger partial charge in [-0.25, -0.2) is 0 Å². The van der Waals surface area contributed by atoms with E-state index in [2.05, 4.69) is 5.48 Å². The van der Waals surface area contributed by atoms with E-state index in [-0.39, 0.29) is 12.1 Å². The van der Waals surface area contributed by atoms with Crippen molar-refractivity contribution >= 4 is 5.97 Å². The molecule has 52 valence electrons. The maximum Gasteiger partial charge on any atom is 0.303 e. The van der Waals surface area contributed by atoms with Crippen molar-refractivity contribution in [2.24, 2.45) is 0 Å². The molecule has 0 aromatic heterocycles. The minimum Gasteiger partial charge on any atom is -0.459 e. The Hall–Kier alpha value is -0.610. The van der Waals surface area contributed by atoms with Crippen LogP contribution in [0.2, 0.25) is 0 Å². The average Bonchev–Trinajstić information content (AvgIpc) is 2.15. The molecule has 0 aromatic carbocycles. The summed E-state index contributed by atoms with van der Waals surface area (Å²) in [7, 11) is 0. The molecule has 0 aliphatic carbocycles. The van der Waals surface area contributed by atoms with Gasteiger partial charge in [0, 0.05) is 6.92 Å². The lowest BCUT2D eigenvalue weighted by molar-refractivity contribution is -0.145. The molecule has 1 aliphatic rings. The number of hydrogen-bond acceptors (Lipinski definition) is 4. The first-order chi connectivity index (χ1) is 4.29. The zero-order chi connectivity index (χ0) is 6.69. The molecule has 0 spiro atoms. The Bertz CT molecular complexity index is 109. The van der Waals surface area contributed by atoms with Gasteiger partial charge in [0.15, 0.2) is 0 Å². The highest BCUT2D eigenvalue weighted by Crippen LogP contribution is 1.97. The van der Waals surface area contributed by atoms with Crippen LogP contribution in [0.15, 0.2) is 0 Å². The van der Waals surface area contributed by atoms with Gasteiger partial charge >= 0.3 is 5.97 Å². The molecule has 1 saturated heterocycles. The van der Waals surface area contributed by atoms with E-state index in [0.29, 0.717) is 13.2 Å². The van der Waals surface area contributed by atoms with Crippen LogP contribution < -0.4 is 5.48 Å². The molecule has 1 atom stereocenters. The molecule has 1 N–H and O–H groups in total. The summed E-state index contributed by atoms with van der Waals surface area (Å²) in [4.78, 5) is 15.0. The fraction of sp³-hybridized carbons (Fsp3) is 0.800. The van der Waals surface area contributed by atoms with E-state index in [1.165, 1.54) is 6.92 Å². The second kappa shape index (κ2) is 2.80. The Kier molecular flexibility index (Phi) is 2.02. The molecule has 1 aliphatic heterocycles. The summed E-state index contributed by atoms with van der Waals surface area (Å²) in [6.07, 6.45) is -0.0949. The smallest absolute Gasteiger partial charge is 0.303 e. The van der Waals surface area contributed by atoms with Gasteiger partial charge in [-0.15, -0.1) is 0 Å². The van der Waals surface area contributed by atoms with Crippen LogP contribution in [-0.4, -0.2) is 25.2 Å². The molecule has 4 heteroatoms. The molecule has 1 unspecified atom stereocenters. The molecule has 9 heavy (non-hydrogen) atoms. The Morgan fingerprint density at radius 1 is 1.89 bits per heavy atom. The van der Waals surface area contributed by atoms with E-state index in [1.54, 1.807) is 0 Å². The van der Waals surface area contributed by atoms with E-state index in [9.17, 15) is 4.79 Å². The number of hydrogen-bond donors (Lipinski definition) is 1.